The van der Waals surface area contributed by atoms with Crippen molar-refractivity contribution in [2.45, 2.75) is 134 Å². The largest absolute Gasteiger partial charge is 0.494 e. The lowest BCUT2D eigenvalue weighted by atomic mass is 9.78. The number of carbonyl (C=O) groups excluding carboxylic acids is 3. The lowest BCUT2D eigenvalue weighted by molar-refractivity contribution is 0.00578. The van der Waals surface area contributed by atoms with Crippen molar-refractivity contribution < 1.29 is 68.7 Å². The van der Waals surface area contributed by atoms with Gasteiger partial charge in [-0.25, -0.2) is 44.3 Å². The van der Waals surface area contributed by atoms with Gasteiger partial charge in [0.1, 0.15) is 19.0 Å². The molecule has 0 spiro atoms. The standard InChI is InChI=1S/C17H17ClN2O3.C16H22BClO3.C15H13ClN2O3.C15H11ClN2O3.C10H10BrClO.C7H4BrClO/c1-2-23-17(22)15-8-14(19-9-20-15)11-5-6-12(13(18)7-11)16(21)10-3-4-10;1-15(2)16(3,4)21-17(20-15)11-7-8-12(13(18)9-11)14(19)10-5-6-10;2*16-11-5-9(3-4-10(11)14(19)8-1-2-8)12-6-13(15(20)21)18-7-17-12;11-7-3-4-8(9(12)5-7)10(13)6-1-2-6;8-6-2-1-5(4-10)7(9)3-6/h5-10,16,21H,2-4H2,1H3;7-10,14,19H,5-6H2,1-4H3;3-8,14,19H,1-2H2,(H,20,21);3-8H,1-2H2,(H,20,21);3-6,10,13H,1-2H2;1-4H. The lowest BCUT2D eigenvalue weighted by Gasteiger charge is -2.32. The van der Waals surface area contributed by atoms with E-state index in [0.29, 0.717) is 98.7 Å². The van der Waals surface area contributed by atoms with Gasteiger partial charge in [-0.1, -0.05) is 150 Å². The number of aldehydes is 1. The van der Waals surface area contributed by atoms with E-state index < -0.39 is 43.3 Å². The molecule has 6 aliphatic rings. The van der Waals surface area contributed by atoms with Gasteiger partial charge in [0.15, 0.2) is 29.2 Å². The molecule has 6 N–H and O–H groups in total. The number of aromatic carboxylic acids is 2. The first-order chi connectivity index (χ1) is 51.8. The molecule has 4 atom stereocenters. The topological polar surface area (TPSA) is 312 Å². The number of rotatable bonds is 19. The van der Waals surface area contributed by atoms with Crippen molar-refractivity contribution in [2.24, 2.45) is 29.6 Å². The van der Waals surface area contributed by atoms with E-state index in [2.05, 4.69) is 61.8 Å². The molecule has 15 rings (SSSR count). The summed E-state index contributed by atoms with van der Waals surface area (Å²) in [4.78, 5) is 79.4. The maximum absolute atomic E-state index is 12.0. The minimum atomic E-state index is -1.12. The Morgan fingerprint density at radius 3 is 1.19 bits per heavy atom. The number of Topliss-reactive ketones (excluding diaryl/α,β-unsaturated/α-hetero) is 1. The molecular formula is C80H77BBr2Cl6N6O14. The summed E-state index contributed by atoms with van der Waals surface area (Å²) in [5.74, 6) is -1.13. The fourth-order valence-electron chi connectivity index (χ4n) is 11.3. The van der Waals surface area contributed by atoms with Gasteiger partial charge in [-0.2, -0.15) is 0 Å². The van der Waals surface area contributed by atoms with Crippen molar-refractivity contribution in [1.82, 2.24) is 29.9 Å². The fraction of sp³-hybridized carbons (Fsp3) is 0.338. The first-order valence-electron chi connectivity index (χ1n) is 35.1. The summed E-state index contributed by atoms with van der Waals surface area (Å²) < 4.78 is 18.8. The Hall–Kier alpha value is -7.17. The van der Waals surface area contributed by atoms with Gasteiger partial charge in [-0.15, -0.1) is 0 Å². The summed E-state index contributed by atoms with van der Waals surface area (Å²) in [7, 11) is -0.417. The second-order valence-electron chi connectivity index (χ2n) is 27.9. The number of ether oxygens (including phenoxy) is 1. The van der Waals surface area contributed by atoms with Crippen LogP contribution < -0.4 is 5.46 Å². The molecule has 6 fully saturated rings. The van der Waals surface area contributed by atoms with Gasteiger partial charge in [0.25, 0.3) is 0 Å². The first-order valence-corrected chi connectivity index (χ1v) is 39.0. The van der Waals surface area contributed by atoms with Crippen molar-refractivity contribution >= 4 is 144 Å². The third kappa shape index (κ3) is 22.8. The van der Waals surface area contributed by atoms with Crippen LogP contribution >= 0.6 is 101 Å². The van der Waals surface area contributed by atoms with Crippen molar-refractivity contribution in [1.29, 1.82) is 0 Å². The summed E-state index contributed by atoms with van der Waals surface area (Å²) in [6, 6.07) is 36.4. The summed E-state index contributed by atoms with van der Waals surface area (Å²) in [6.07, 6.45) is 12.9. The quantitative estimate of drug-likeness (QED) is 0.0190. The van der Waals surface area contributed by atoms with Crippen molar-refractivity contribution in [3.05, 3.63) is 236 Å². The number of hydrogen-bond acceptors (Lipinski definition) is 18. The van der Waals surface area contributed by atoms with Crippen LogP contribution in [0.25, 0.3) is 33.8 Å². The minimum Gasteiger partial charge on any atom is -0.477 e. The average molecular weight is 1730 g/mol. The fourth-order valence-corrected chi connectivity index (χ4v) is 14.0. The first kappa shape index (κ1) is 84.3. The number of carbonyl (C=O) groups is 5. The molecule has 4 unspecified atom stereocenters. The van der Waals surface area contributed by atoms with Crippen molar-refractivity contribution in [3.63, 3.8) is 0 Å². The molecule has 570 valence electrons. The zero-order valence-electron chi connectivity index (χ0n) is 59.6. The van der Waals surface area contributed by atoms with Crippen LogP contribution in [-0.4, -0.2) is 115 Å². The summed E-state index contributed by atoms with van der Waals surface area (Å²) in [5.41, 5.74) is 7.95. The zero-order chi connectivity index (χ0) is 78.8. The van der Waals surface area contributed by atoms with Crippen LogP contribution in [0.2, 0.25) is 30.1 Å². The van der Waals surface area contributed by atoms with E-state index in [0.717, 1.165) is 107 Å². The number of aromatic nitrogens is 6. The van der Waals surface area contributed by atoms with E-state index in [9.17, 15) is 44.4 Å². The van der Waals surface area contributed by atoms with E-state index in [1.54, 1.807) is 73.7 Å². The third-order valence-electron chi connectivity index (χ3n) is 19.1. The number of halogens is 8. The van der Waals surface area contributed by atoms with Gasteiger partial charge >= 0.3 is 25.0 Å². The maximum atomic E-state index is 12.0. The SMILES string of the molecule is CC1(C)OB(c2ccc(C(O)C3CC3)c(Cl)c2)OC1(C)C.CCOC(=O)c1cc(-c2ccc(C(O)C3CC3)c(Cl)c2)ncn1.O=C(O)c1cc(-c2ccc(C(=O)C3CC3)c(Cl)c2)ncn1.O=C(O)c1cc(-c2ccc(C(O)C3CC3)c(Cl)c2)ncn1.O=Cc1ccc(Br)cc1Cl.OC(c1ccc(Br)cc1Cl)C1CC1. The predicted octanol–water partition coefficient (Wildman–Crippen LogP) is 19.0. The van der Waals surface area contributed by atoms with Crippen LogP contribution in [-0.2, 0) is 14.0 Å². The van der Waals surface area contributed by atoms with Crippen LogP contribution in [0.4, 0.5) is 0 Å². The lowest BCUT2D eigenvalue weighted by Crippen LogP contribution is -2.41. The molecule has 29 heteroatoms. The molecule has 5 aliphatic carbocycles. The number of nitrogens with zero attached hydrogens (tertiary/aromatic N) is 6. The van der Waals surface area contributed by atoms with Crippen LogP contribution in [0.3, 0.4) is 0 Å². The molecule has 20 nitrogen and oxygen atoms in total. The molecule has 9 aromatic rings. The minimum absolute atomic E-state index is 0.0699. The number of carboxylic acid groups (broad SMARTS) is 2. The Kier molecular flexibility index (Phi) is 29.0. The highest BCUT2D eigenvalue weighted by Crippen LogP contribution is 2.47. The van der Waals surface area contributed by atoms with Crippen LogP contribution in [0, 0.1) is 29.6 Å². The number of ketones is 1. The van der Waals surface area contributed by atoms with Gasteiger partial charge in [0.2, 0.25) is 0 Å². The van der Waals surface area contributed by atoms with Crippen molar-refractivity contribution in [2.75, 3.05) is 6.61 Å². The van der Waals surface area contributed by atoms with Crippen LogP contribution in [0.5, 0.6) is 0 Å². The van der Waals surface area contributed by atoms with Gasteiger partial charge in [-0.05, 0) is 229 Å². The highest BCUT2D eigenvalue weighted by atomic mass is 79.9. The monoisotopic (exact) mass is 1720 g/mol. The van der Waals surface area contributed by atoms with E-state index >= 15 is 0 Å². The van der Waals surface area contributed by atoms with E-state index in [-0.39, 0.29) is 52.7 Å². The van der Waals surface area contributed by atoms with Gasteiger partial charge in [0, 0.05) is 62.8 Å². The highest BCUT2D eigenvalue weighted by molar-refractivity contribution is 9.10. The van der Waals surface area contributed by atoms with E-state index in [1.807, 2.05) is 76.2 Å². The Labute approximate surface area is 677 Å². The molecule has 3 aromatic heterocycles. The van der Waals surface area contributed by atoms with Crippen molar-refractivity contribution in [3.8, 4) is 33.8 Å². The second kappa shape index (κ2) is 37.4. The number of aliphatic hydroxyl groups is 4. The molecule has 6 aromatic carbocycles. The molecule has 4 heterocycles. The summed E-state index contributed by atoms with van der Waals surface area (Å²) >= 11 is 43.3. The predicted molar refractivity (Wildman–Crippen MR) is 426 cm³/mol. The Morgan fingerprint density at radius 1 is 0.477 bits per heavy atom. The maximum Gasteiger partial charge on any atom is 0.494 e. The van der Waals surface area contributed by atoms with Gasteiger partial charge in [0.05, 0.1) is 69.4 Å². The Bertz CT molecular complexity index is 4800. The van der Waals surface area contributed by atoms with E-state index in [1.165, 1.54) is 31.1 Å². The number of hydrogen-bond donors (Lipinski definition) is 6. The molecule has 109 heavy (non-hydrogen) atoms. The van der Waals surface area contributed by atoms with Gasteiger partial charge in [-0.3, -0.25) is 9.59 Å². The number of carboxylic acids is 2. The Balaban J connectivity index is 0.000000142. The number of esters is 1. The second-order valence-corrected chi connectivity index (χ2v) is 32.2. The third-order valence-corrected chi connectivity index (χ3v) is 22.1. The number of aliphatic hydroxyl groups excluding tert-OH is 4. The molecule has 1 saturated heterocycles. The van der Waals surface area contributed by atoms with Crippen LogP contribution in [0.1, 0.15) is 198 Å². The smallest absolute Gasteiger partial charge is 0.477 e. The molecule has 0 amide bonds. The molecule has 1 aliphatic heterocycles. The highest BCUT2D eigenvalue weighted by Gasteiger charge is 2.52. The number of benzene rings is 6. The van der Waals surface area contributed by atoms with Crippen LogP contribution in [0.15, 0.2) is 155 Å². The Morgan fingerprint density at radius 2 is 0.835 bits per heavy atom. The summed E-state index contributed by atoms with van der Waals surface area (Å²) in [5, 5.41) is 61.3. The molecule has 5 saturated carbocycles. The normalized spacial score (nSPS) is 16.9. The average Bonchev–Trinajstić information content (AvgIpc) is 1.61. The molecule has 0 bridgehead atoms. The zero-order valence-corrected chi connectivity index (χ0v) is 67.3. The van der Waals surface area contributed by atoms with Gasteiger partial charge < -0.3 is 44.7 Å². The van der Waals surface area contributed by atoms with E-state index in [4.69, 9.17) is 93.9 Å². The molecular weight excluding hydrogens is 1650 g/mol. The summed E-state index contributed by atoms with van der Waals surface area (Å²) in [6.45, 7) is 10.1. The molecule has 0 radical (unpaired) electrons.